The van der Waals surface area contributed by atoms with E-state index in [1.165, 1.54) is 28.7 Å². The minimum Gasteiger partial charge on any atom is -0.496 e. The van der Waals surface area contributed by atoms with Gasteiger partial charge in [-0.3, -0.25) is 9.69 Å². The minimum absolute atomic E-state index is 0.109. The van der Waals surface area contributed by atoms with E-state index in [1.807, 2.05) is 18.2 Å². The van der Waals surface area contributed by atoms with E-state index in [9.17, 15) is 4.79 Å². The molecule has 4 nitrogen and oxygen atoms in total. The predicted molar refractivity (Wildman–Crippen MR) is 102 cm³/mol. The first kappa shape index (κ1) is 17.1. The lowest BCUT2D eigenvalue weighted by Crippen LogP contribution is -2.54. The molecule has 1 heterocycles. The lowest BCUT2D eigenvalue weighted by molar-refractivity contribution is -0.125. The highest BCUT2D eigenvalue weighted by molar-refractivity contribution is 5.79. The number of hydrogen-bond donors (Lipinski definition) is 1. The molecule has 1 amide bonds. The lowest BCUT2D eigenvalue weighted by atomic mass is 10.0. The van der Waals surface area contributed by atoms with Gasteiger partial charge in [0.05, 0.1) is 13.7 Å². The molecule has 26 heavy (non-hydrogen) atoms. The molecule has 1 atom stereocenters. The smallest absolute Gasteiger partial charge is 0.234 e. The second-order valence-electron chi connectivity index (χ2n) is 7.41. The van der Waals surface area contributed by atoms with Crippen LogP contribution in [0.4, 0.5) is 0 Å². The summed E-state index contributed by atoms with van der Waals surface area (Å²) in [6, 6.07) is 15.0. The molecule has 0 saturated carbocycles. The molecule has 2 aromatic carbocycles. The van der Waals surface area contributed by atoms with Gasteiger partial charge in [-0.2, -0.15) is 0 Å². The Morgan fingerprint density at radius 1 is 1.15 bits per heavy atom. The average molecular weight is 350 g/mol. The molecule has 2 aliphatic rings. The molecule has 0 spiro atoms. The third kappa shape index (κ3) is 3.75. The Morgan fingerprint density at radius 2 is 1.92 bits per heavy atom. The quantitative estimate of drug-likeness (QED) is 0.902. The Bertz CT molecular complexity index is 788. The Hall–Kier alpha value is -2.33. The summed E-state index contributed by atoms with van der Waals surface area (Å²) < 4.78 is 5.63. The molecule has 1 N–H and O–H groups in total. The fourth-order valence-corrected chi connectivity index (χ4v) is 4.24. The number of ether oxygens (including phenoxy) is 1. The van der Waals surface area contributed by atoms with Gasteiger partial charge in [0.15, 0.2) is 0 Å². The van der Waals surface area contributed by atoms with Gasteiger partial charge >= 0.3 is 0 Å². The van der Waals surface area contributed by atoms with Crippen LogP contribution in [0.15, 0.2) is 42.5 Å². The largest absolute Gasteiger partial charge is 0.496 e. The maximum atomic E-state index is 12.2. The summed E-state index contributed by atoms with van der Waals surface area (Å²) in [5.74, 6) is 1.06. The van der Waals surface area contributed by atoms with Gasteiger partial charge in [0.1, 0.15) is 5.75 Å². The summed E-state index contributed by atoms with van der Waals surface area (Å²) in [6.07, 6.45) is 4.40. The van der Waals surface area contributed by atoms with Gasteiger partial charge in [-0.1, -0.05) is 36.4 Å². The molecule has 4 rings (SSSR count). The van der Waals surface area contributed by atoms with Crippen LogP contribution in [0.25, 0.3) is 0 Å². The summed E-state index contributed by atoms with van der Waals surface area (Å²) >= 11 is 0. The van der Waals surface area contributed by atoms with Crippen LogP contribution in [-0.2, 0) is 30.6 Å². The molecule has 1 fully saturated rings. The summed E-state index contributed by atoms with van der Waals surface area (Å²) in [4.78, 5) is 14.5. The van der Waals surface area contributed by atoms with Crippen molar-refractivity contribution in [2.24, 2.45) is 0 Å². The Balaban J connectivity index is 1.48. The van der Waals surface area contributed by atoms with Crippen LogP contribution in [0.3, 0.4) is 0 Å². The molecule has 2 aromatic rings. The molecule has 1 saturated heterocycles. The van der Waals surface area contributed by atoms with Crippen LogP contribution in [-0.4, -0.2) is 37.0 Å². The second kappa shape index (κ2) is 7.50. The van der Waals surface area contributed by atoms with Crippen LogP contribution < -0.4 is 10.1 Å². The maximum absolute atomic E-state index is 12.2. The average Bonchev–Trinajstić information content (AvgIpc) is 3.08. The molecule has 0 radical (unpaired) electrons. The second-order valence-corrected chi connectivity index (χ2v) is 7.41. The number of nitrogens with zero attached hydrogens (tertiary/aromatic N) is 1. The SMILES string of the molecule is COc1cc2c(cc1CN1CC(=O)N[C@@H](Cc3ccccc3)C1)CCC2. The van der Waals surface area contributed by atoms with Gasteiger partial charge in [0, 0.05) is 24.7 Å². The zero-order chi connectivity index (χ0) is 17.9. The number of aryl methyl sites for hydroxylation is 2. The third-order valence-electron chi connectivity index (χ3n) is 5.42. The van der Waals surface area contributed by atoms with E-state index in [0.29, 0.717) is 6.54 Å². The number of benzene rings is 2. The zero-order valence-electron chi connectivity index (χ0n) is 15.3. The van der Waals surface area contributed by atoms with Gasteiger partial charge in [-0.05, 0) is 48.4 Å². The van der Waals surface area contributed by atoms with Crippen molar-refractivity contribution in [3.63, 3.8) is 0 Å². The Labute approximate surface area is 155 Å². The molecule has 1 aliphatic carbocycles. The van der Waals surface area contributed by atoms with Crippen LogP contribution in [0, 0.1) is 0 Å². The topological polar surface area (TPSA) is 41.6 Å². The fraction of sp³-hybridized carbons (Fsp3) is 0.409. The van der Waals surface area contributed by atoms with Gasteiger partial charge in [-0.25, -0.2) is 0 Å². The number of carbonyl (C=O) groups excluding carboxylic acids is 1. The number of carbonyl (C=O) groups is 1. The van der Waals surface area contributed by atoms with Gasteiger partial charge in [0.2, 0.25) is 5.91 Å². The van der Waals surface area contributed by atoms with Crippen molar-refractivity contribution in [2.75, 3.05) is 20.2 Å². The zero-order valence-corrected chi connectivity index (χ0v) is 15.3. The Kier molecular flexibility index (Phi) is 4.93. The van der Waals surface area contributed by atoms with Crippen molar-refractivity contribution in [1.29, 1.82) is 0 Å². The van der Waals surface area contributed by atoms with Crippen LogP contribution in [0.5, 0.6) is 5.75 Å². The van der Waals surface area contributed by atoms with Crippen molar-refractivity contribution in [1.82, 2.24) is 10.2 Å². The highest BCUT2D eigenvalue weighted by Crippen LogP contribution is 2.30. The third-order valence-corrected chi connectivity index (χ3v) is 5.42. The van der Waals surface area contributed by atoms with E-state index in [4.69, 9.17) is 4.74 Å². The van der Waals surface area contributed by atoms with Gasteiger partial charge < -0.3 is 10.1 Å². The maximum Gasteiger partial charge on any atom is 0.234 e. The first-order valence-electron chi connectivity index (χ1n) is 9.45. The standard InChI is InChI=1S/C22H26N2O2/c1-26-21-12-18-9-5-8-17(18)11-19(21)13-24-14-20(23-22(25)15-24)10-16-6-3-2-4-7-16/h2-4,6-7,11-12,20H,5,8-10,13-15H2,1H3,(H,23,25)/t20-/m0/s1. The first-order chi connectivity index (χ1) is 12.7. The minimum atomic E-state index is 0.109. The molecule has 1 aliphatic heterocycles. The van der Waals surface area contributed by atoms with E-state index in [2.05, 4.69) is 34.5 Å². The normalized spacial score (nSPS) is 19.9. The van der Waals surface area contributed by atoms with E-state index >= 15 is 0 Å². The van der Waals surface area contributed by atoms with Crippen LogP contribution >= 0.6 is 0 Å². The van der Waals surface area contributed by atoms with Crippen molar-refractivity contribution in [3.05, 3.63) is 64.7 Å². The van der Waals surface area contributed by atoms with Crippen LogP contribution in [0.2, 0.25) is 0 Å². The van der Waals surface area contributed by atoms with Crippen LogP contribution in [0.1, 0.15) is 28.7 Å². The van der Waals surface area contributed by atoms with Crippen molar-refractivity contribution >= 4 is 5.91 Å². The Morgan fingerprint density at radius 3 is 2.69 bits per heavy atom. The number of nitrogens with one attached hydrogen (secondary N) is 1. The van der Waals surface area contributed by atoms with Crippen molar-refractivity contribution in [3.8, 4) is 5.75 Å². The summed E-state index contributed by atoms with van der Waals surface area (Å²) in [6.45, 7) is 2.07. The number of piperazine rings is 1. The predicted octanol–water partition coefficient (Wildman–Crippen LogP) is 2.73. The molecular formula is C22H26N2O2. The summed E-state index contributed by atoms with van der Waals surface area (Å²) in [5.41, 5.74) is 5.32. The molecule has 0 unspecified atom stereocenters. The van der Waals surface area contributed by atoms with Gasteiger partial charge in [0.25, 0.3) is 0 Å². The summed E-state index contributed by atoms with van der Waals surface area (Å²) in [7, 11) is 1.74. The molecule has 0 bridgehead atoms. The number of amides is 1. The number of rotatable bonds is 5. The van der Waals surface area contributed by atoms with Crippen molar-refractivity contribution in [2.45, 2.75) is 38.3 Å². The first-order valence-corrected chi connectivity index (χ1v) is 9.45. The molecule has 136 valence electrons. The van der Waals surface area contributed by atoms with E-state index in [0.717, 1.165) is 38.1 Å². The highest BCUT2D eigenvalue weighted by Gasteiger charge is 2.26. The highest BCUT2D eigenvalue weighted by atomic mass is 16.5. The van der Waals surface area contributed by atoms with E-state index in [1.54, 1.807) is 7.11 Å². The number of methoxy groups -OCH3 is 1. The number of fused-ring (bicyclic) bond motifs is 1. The fourth-order valence-electron chi connectivity index (χ4n) is 4.24. The summed E-state index contributed by atoms with van der Waals surface area (Å²) in [5, 5.41) is 3.14. The van der Waals surface area contributed by atoms with E-state index < -0.39 is 0 Å². The van der Waals surface area contributed by atoms with E-state index in [-0.39, 0.29) is 11.9 Å². The molecule has 0 aromatic heterocycles. The molecular weight excluding hydrogens is 324 g/mol. The number of hydrogen-bond acceptors (Lipinski definition) is 3. The molecule has 4 heteroatoms. The monoisotopic (exact) mass is 350 g/mol. The van der Waals surface area contributed by atoms with Gasteiger partial charge in [-0.15, -0.1) is 0 Å². The van der Waals surface area contributed by atoms with Crippen molar-refractivity contribution < 1.29 is 9.53 Å². The lowest BCUT2D eigenvalue weighted by Gasteiger charge is -2.33.